The first kappa shape index (κ1) is 16.6. The molecule has 118 valence electrons. The second-order valence-corrected chi connectivity index (χ2v) is 8.87. The van der Waals surface area contributed by atoms with Crippen LogP contribution in [0, 0.1) is 5.41 Å². The zero-order valence-electron chi connectivity index (χ0n) is 13.5. The summed E-state index contributed by atoms with van der Waals surface area (Å²) in [6.45, 7) is 14.7. The Morgan fingerprint density at radius 1 is 1.25 bits per heavy atom. The number of hydrogen-bond donors (Lipinski definition) is 1. The van der Waals surface area contributed by atoms with E-state index in [0.29, 0.717) is 10.2 Å². The fourth-order valence-electron chi connectivity index (χ4n) is 3.32. The van der Waals surface area contributed by atoms with E-state index in [4.69, 9.17) is 4.74 Å². The minimum absolute atomic E-state index is 0.341. The van der Waals surface area contributed by atoms with Crippen LogP contribution in [0.25, 0.3) is 0 Å². The maximum Gasteiger partial charge on any atom is 0.0546 e. The van der Waals surface area contributed by atoms with Crippen molar-refractivity contribution in [2.75, 3.05) is 51.7 Å². The van der Waals surface area contributed by atoms with Gasteiger partial charge in [-0.2, -0.15) is 11.8 Å². The van der Waals surface area contributed by atoms with Gasteiger partial charge in [0.15, 0.2) is 0 Å². The normalized spacial score (nSPS) is 31.9. The van der Waals surface area contributed by atoms with E-state index in [2.05, 4.69) is 42.7 Å². The first-order valence-electron chi connectivity index (χ1n) is 8.20. The summed E-state index contributed by atoms with van der Waals surface area (Å²) < 4.78 is 6.28. The smallest absolute Gasteiger partial charge is 0.0546 e. The zero-order valence-corrected chi connectivity index (χ0v) is 14.4. The Kier molecular flexibility index (Phi) is 6.21. The molecule has 0 bridgehead atoms. The third kappa shape index (κ3) is 4.90. The van der Waals surface area contributed by atoms with E-state index in [1.165, 1.54) is 44.6 Å². The molecule has 0 radical (unpaired) electrons. The molecule has 4 heteroatoms. The monoisotopic (exact) mass is 300 g/mol. The van der Waals surface area contributed by atoms with Crippen molar-refractivity contribution >= 4 is 11.8 Å². The van der Waals surface area contributed by atoms with Gasteiger partial charge in [0.05, 0.1) is 6.61 Å². The zero-order chi connectivity index (χ0) is 14.5. The van der Waals surface area contributed by atoms with Crippen molar-refractivity contribution in [3.8, 4) is 0 Å². The van der Waals surface area contributed by atoms with Crippen molar-refractivity contribution in [3.05, 3.63) is 0 Å². The molecule has 0 aromatic heterocycles. The minimum Gasteiger partial charge on any atom is -0.381 e. The number of ether oxygens (including phenoxy) is 1. The molecule has 0 amide bonds. The highest BCUT2D eigenvalue weighted by molar-refractivity contribution is 8.00. The summed E-state index contributed by atoms with van der Waals surface area (Å²) in [6.07, 6.45) is 3.84. The molecule has 3 nitrogen and oxygen atoms in total. The summed E-state index contributed by atoms with van der Waals surface area (Å²) >= 11 is 2.14. The Morgan fingerprint density at radius 2 is 2.10 bits per heavy atom. The molecule has 0 saturated carbocycles. The molecule has 1 N–H and O–H groups in total. The van der Waals surface area contributed by atoms with Crippen molar-refractivity contribution in [1.29, 1.82) is 0 Å². The molecule has 0 aromatic rings. The summed E-state index contributed by atoms with van der Waals surface area (Å²) in [5.74, 6) is 1.27. The minimum atomic E-state index is 0.341. The van der Waals surface area contributed by atoms with Gasteiger partial charge in [0.1, 0.15) is 0 Å². The first-order valence-corrected chi connectivity index (χ1v) is 9.19. The number of rotatable bonds is 5. The predicted octanol–water partition coefficient (Wildman–Crippen LogP) is 2.61. The van der Waals surface area contributed by atoms with Crippen LogP contribution in [0.5, 0.6) is 0 Å². The van der Waals surface area contributed by atoms with Crippen molar-refractivity contribution in [1.82, 2.24) is 10.2 Å². The summed E-state index contributed by atoms with van der Waals surface area (Å²) in [7, 11) is 0. The Balaban J connectivity index is 1.93. The van der Waals surface area contributed by atoms with Crippen LogP contribution < -0.4 is 5.32 Å². The fourth-order valence-corrected chi connectivity index (χ4v) is 4.45. The molecule has 2 rings (SSSR count). The average Bonchev–Trinajstić information content (AvgIpc) is 2.59. The molecule has 0 aliphatic carbocycles. The lowest BCUT2D eigenvalue weighted by atomic mass is 9.81. The molecule has 20 heavy (non-hydrogen) atoms. The van der Waals surface area contributed by atoms with Crippen LogP contribution in [0.15, 0.2) is 0 Å². The molecule has 1 atom stereocenters. The van der Waals surface area contributed by atoms with E-state index in [0.717, 1.165) is 26.3 Å². The van der Waals surface area contributed by atoms with Crippen LogP contribution in [-0.4, -0.2) is 61.3 Å². The lowest BCUT2D eigenvalue weighted by Gasteiger charge is -2.41. The van der Waals surface area contributed by atoms with Gasteiger partial charge in [-0.1, -0.05) is 20.8 Å². The van der Waals surface area contributed by atoms with Crippen molar-refractivity contribution in [3.63, 3.8) is 0 Å². The SMILES string of the molecule is CCNCC1(CN2CCSC(C)(C)CC2)CCCOC1. The highest BCUT2D eigenvalue weighted by Gasteiger charge is 2.35. The summed E-state index contributed by atoms with van der Waals surface area (Å²) in [5, 5.41) is 3.57. The van der Waals surface area contributed by atoms with E-state index >= 15 is 0 Å². The number of nitrogens with one attached hydrogen (secondary N) is 1. The van der Waals surface area contributed by atoms with Gasteiger partial charge in [-0.15, -0.1) is 0 Å². The number of thioether (sulfide) groups is 1. The van der Waals surface area contributed by atoms with E-state index in [1.807, 2.05) is 0 Å². The molecule has 2 aliphatic heterocycles. The second kappa shape index (κ2) is 7.48. The van der Waals surface area contributed by atoms with E-state index < -0.39 is 0 Å². The maximum absolute atomic E-state index is 5.82. The maximum atomic E-state index is 5.82. The first-order chi connectivity index (χ1) is 9.55. The van der Waals surface area contributed by atoms with Crippen LogP contribution in [-0.2, 0) is 4.74 Å². The molecule has 0 aromatic carbocycles. The molecule has 2 saturated heterocycles. The van der Waals surface area contributed by atoms with Crippen molar-refractivity contribution in [2.24, 2.45) is 5.41 Å². The summed E-state index contributed by atoms with van der Waals surface area (Å²) in [4.78, 5) is 2.69. The third-order valence-electron chi connectivity index (χ3n) is 4.64. The average molecular weight is 301 g/mol. The van der Waals surface area contributed by atoms with E-state index in [-0.39, 0.29) is 0 Å². The van der Waals surface area contributed by atoms with Gasteiger partial charge < -0.3 is 15.0 Å². The predicted molar refractivity (Wildman–Crippen MR) is 88.6 cm³/mol. The van der Waals surface area contributed by atoms with Crippen LogP contribution in [0.4, 0.5) is 0 Å². The molecule has 1 unspecified atom stereocenters. The molecular formula is C16H32N2OS. The van der Waals surface area contributed by atoms with Crippen LogP contribution >= 0.6 is 11.8 Å². The topological polar surface area (TPSA) is 24.5 Å². The Hall–Kier alpha value is 0.230. The second-order valence-electron chi connectivity index (χ2n) is 7.07. The summed E-state index contributed by atoms with van der Waals surface area (Å²) in [5.41, 5.74) is 0.341. The van der Waals surface area contributed by atoms with Crippen molar-refractivity contribution < 1.29 is 4.74 Å². The van der Waals surface area contributed by atoms with Gasteiger partial charge in [-0.25, -0.2) is 0 Å². The number of hydrogen-bond acceptors (Lipinski definition) is 4. The van der Waals surface area contributed by atoms with Gasteiger partial charge >= 0.3 is 0 Å². The number of nitrogens with zero attached hydrogens (tertiary/aromatic N) is 1. The van der Waals surface area contributed by atoms with Crippen molar-refractivity contribution in [2.45, 2.75) is 44.8 Å². The largest absolute Gasteiger partial charge is 0.381 e. The third-order valence-corrected chi connectivity index (χ3v) is 6.02. The van der Waals surface area contributed by atoms with Gasteiger partial charge in [0, 0.05) is 42.2 Å². The fraction of sp³-hybridized carbons (Fsp3) is 1.00. The Bertz CT molecular complexity index is 290. The van der Waals surface area contributed by atoms with E-state index in [1.54, 1.807) is 0 Å². The van der Waals surface area contributed by atoms with Crippen LogP contribution in [0.1, 0.15) is 40.0 Å². The quantitative estimate of drug-likeness (QED) is 0.843. The Morgan fingerprint density at radius 3 is 2.80 bits per heavy atom. The lowest BCUT2D eigenvalue weighted by molar-refractivity contribution is -0.0252. The highest BCUT2D eigenvalue weighted by Crippen LogP contribution is 2.34. The molecule has 2 heterocycles. The van der Waals surface area contributed by atoms with Crippen LogP contribution in [0.2, 0.25) is 0 Å². The summed E-state index contributed by atoms with van der Waals surface area (Å²) in [6, 6.07) is 0. The molecule has 0 spiro atoms. The van der Waals surface area contributed by atoms with E-state index in [9.17, 15) is 0 Å². The molecule has 2 aliphatic rings. The molecule has 2 fully saturated rings. The van der Waals surface area contributed by atoms with Gasteiger partial charge in [0.25, 0.3) is 0 Å². The van der Waals surface area contributed by atoms with Crippen LogP contribution in [0.3, 0.4) is 0 Å². The standard InChI is InChI=1S/C16H32N2OS/c1-4-17-12-16(6-5-10-19-14-16)13-18-8-7-15(2,3)20-11-9-18/h17H,4-14H2,1-3H3. The van der Waals surface area contributed by atoms with Gasteiger partial charge in [0.2, 0.25) is 0 Å². The lowest BCUT2D eigenvalue weighted by Crippen LogP contribution is -2.49. The van der Waals surface area contributed by atoms with Gasteiger partial charge in [-0.05, 0) is 32.4 Å². The van der Waals surface area contributed by atoms with Gasteiger partial charge in [-0.3, -0.25) is 0 Å². The Labute approximate surface area is 129 Å². The molecular weight excluding hydrogens is 268 g/mol. The highest BCUT2D eigenvalue weighted by atomic mass is 32.2.